The molecule has 0 aliphatic carbocycles. The Labute approximate surface area is 152 Å². The van der Waals surface area contributed by atoms with E-state index in [-0.39, 0.29) is 5.70 Å². The number of rotatable bonds is 6. The van der Waals surface area contributed by atoms with Gasteiger partial charge in [0.25, 0.3) is 5.91 Å². The Morgan fingerprint density at radius 2 is 2.04 bits per heavy atom. The van der Waals surface area contributed by atoms with Gasteiger partial charge in [-0.05, 0) is 46.6 Å². The van der Waals surface area contributed by atoms with E-state index in [1.165, 1.54) is 20.3 Å². The smallest absolute Gasteiger partial charge is 0.329 e. The van der Waals surface area contributed by atoms with E-state index in [1.807, 2.05) is 6.92 Å². The van der Waals surface area contributed by atoms with Crippen molar-refractivity contribution in [2.75, 3.05) is 27.4 Å². The van der Waals surface area contributed by atoms with Gasteiger partial charge in [-0.25, -0.2) is 9.69 Å². The molecule has 0 bridgehead atoms. The molecule has 8 nitrogen and oxygen atoms in total. The van der Waals surface area contributed by atoms with Crippen LogP contribution in [0.3, 0.4) is 0 Å². The van der Waals surface area contributed by atoms with Crippen LogP contribution in [0.4, 0.5) is 4.79 Å². The average Bonchev–Trinajstić information content (AvgIpc) is 2.84. The maximum absolute atomic E-state index is 12.3. The molecule has 1 aliphatic rings. The Morgan fingerprint density at radius 1 is 1.32 bits per heavy atom. The normalized spacial score (nSPS) is 15.4. The highest BCUT2D eigenvalue weighted by molar-refractivity contribution is 9.10. The maximum atomic E-state index is 12.3. The molecule has 1 heterocycles. The number of hydrogen-bond donors (Lipinski definition) is 1. The highest BCUT2D eigenvalue weighted by Crippen LogP contribution is 2.37. The summed E-state index contributed by atoms with van der Waals surface area (Å²) >= 11 is 3.39. The first-order valence-corrected chi connectivity index (χ1v) is 8.12. The van der Waals surface area contributed by atoms with Gasteiger partial charge in [-0.2, -0.15) is 0 Å². The predicted molar refractivity (Wildman–Crippen MR) is 92.1 cm³/mol. The Kier molecular flexibility index (Phi) is 6.02. The number of benzene rings is 1. The summed E-state index contributed by atoms with van der Waals surface area (Å²) in [6.07, 6.45) is 1.49. The van der Waals surface area contributed by atoms with Gasteiger partial charge in [-0.1, -0.05) is 0 Å². The van der Waals surface area contributed by atoms with Crippen molar-refractivity contribution in [3.8, 4) is 11.5 Å². The largest absolute Gasteiger partial charge is 0.493 e. The molecule has 3 amide bonds. The van der Waals surface area contributed by atoms with E-state index in [9.17, 15) is 14.4 Å². The molecule has 25 heavy (non-hydrogen) atoms. The van der Waals surface area contributed by atoms with Gasteiger partial charge >= 0.3 is 12.0 Å². The lowest BCUT2D eigenvalue weighted by atomic mass is 10.1. The quantitative estimate of drug-likeness (QED) is 0.435. The minimum absolute atomic E-state index is 0.0482. The number of urea groups is 1. The Morgan fingerprint density at radius 3 is 2.64 bits per heavy atom. The first-order valence-electron chi connectivity index (χ1n) is 7.33. The van der Waals surface area contributed by atoms with E-state index in [0.29, 0.717) is 28.1 Å². The van der Waals surface area contributed by atoms with Gasteiger partial charge in [0.15, 0.2) is 11.5 Å². The van der Waals surface area contributed by atoms with Crippen LogP contribution in [0.15, 0.2) is 22.3 Å². The van der Waals surface area contributed by atoms with Crippen LogP contribution in [0.5, 0.6) is 11.5 Å². The minimum atomic E-state index is -0.685. The molecule has 1 aromatic rings. The number of amides is 3. The lowest BCUT2D eigenvalue weighted by molar-refractivity contribution is -0.143. The monoisotopic (exact) mass is 412 g/mol. The number of ether oxygens (including phenoxy) is 3. The number of hydrogen-bond acceptors (Lipinski definition) is 6. The lowest BCUT2D eigenvalue weighted by Crippen LogP contribution is -2.36. The number of methoxy groups -OCH3 is 2. The fourth-order valence-corrected chi connectivity index (χ4v) is 2.76. The molecular weight excluding hydrogens is 396 g/mol. The van der Waals surface area contributed by atoms with Crippen LogP contribution in [-0.2, 0) is 14.3 Å². The fraction of sp³-hybridized carbons (Fsp3) is 0.312. The maximum Gasteiger partial charge on any atom is 0.329 e. The summed E-state index contributed by atoms with van der Waals surface area (Å²) in [5, 5.41) is 2.43. The van der Waals surface area contributed by atoms with E-state index in [1.54, 1.807) is 12.1 Å². The van der Waals surface area contributed by atoms with E-state index in [2.05, 4.69) is 26.0 Å². The second-order valence-corrected chi connectivity index (χ2v) is 5.78. The second-order valence-electron chi connectivity index (χ2n) is 4.92. The summed E-state index contributed by atoms with van der Waals surface area (Å²) < 4.78 is 15.9. The van der Waals surface area contributed by atoms with Gasteiger partial charge in [0.2, 0.25) is 0 Å². The molecule has 2 rings (SSSR count). The van der Waals surface area contributed by atoms with Gasteiger partial charge < -0.3 is 19.5 Å². The van der Waals surface area contributed by atoms with Crippen LogP contribution in [0.2, 0.25) is 0 Å². The number of halogens is 1. The van der Waals surface area contributed by atoms with Crippen molar-refractivity contribution in [3.05, 3.63) is 27.9 Å². The van der Waals surface area contributed by atoms with Crippen LogP contribution in [0.1, 0.15) is 12.5 Å². The average molecular weight is 413 g/mol. The van der Waals surface area contributed by atoms with Crippen molar-refractivity contribution in [1.29, 1.82) is 0 Å². The van der Waals surface area contributed by atoms with Crippen LogP contribution in [-0.4, -0.2) is 50.2 Å². The molecule has 1 N–H and O–H groups in total. The van der Waals surface area contributed by atoms with Gasteiger partial charge in [0, 0.05) is 0 Å². The number of carbonyl (C=O) groups excluding carboxylic acids is 3. The van der Waals surface area contributed by atoms with Gasteiger partial charge in [0.05, 0.1) is 25.3 Å². The van der Waals surface area contributed by atoms with Crippen molar-refractivity contribution in [1.82, 2.24) is 10.2 Å². The van der Waals surface area contributed by atoms with E-state index in [4.69, 9.17) is 9.47 Å². The number of nitrogens with one attached hydrogen (secondary N) is 1. The molecule has 0 saturated carbocycles. The van der Waals surface area contributed by atoms with Crippen LogP contribution in [0, 0.1) is 0 Å². The fourth-order valence-electron chi connectivity index (χ4n) is 2.18. The SMILES string of the molecule is CCOc1c(Br)cc(/C=C2/NC(=O)N(CC(=O)OC)C2=O)cc1OC. The van der Waals surface area contributed by atoms with E-state index < -0.39 is 24.5 Å². The number of imide groups is 1. The van der Waals surface area contributed by atoms with Crippen LogP contribution < -0.4 is 14.8 Å². The molecule has 134 valence electrons. The molecule has 9 heteroatoms. The summed E-state index contributed by atoms with van der Waals surface area (Å²) in [5.74, 6) is -0.276. The highest BCUT2D eigenvalue weighted by atomic mass is 79.9. The summed E-state index contributed by atoms with van der Waals surface area (Å²) in [4.78, 5) is 36.2. The number of esters is 1. The molecule has 1 fully saturated rings. The van der Waals surface area contributed by atoms with Crippen LogP contribution in [0.25, 0.3) is 6.08 Å². The topological polar surface area (TPSA) is 94.2 Å². The van der Waals surface area contributed by atoms with Gasteiger partial charge in [-0.15, -0.1) is 0 Å². The molecule has 1 aliphatic heterocycles. The zero-order valence-electron chi connectivity index (χ0n) is 13.9. The first kappa shape index (κ1) is 18.8. The summed E-state index contributed by atoms with van der Waals surface area (Å²) in [6.45, 7) is 1.87. The van der Waals surface area contributed by atoms with Crippen molar-refractivity contribution in [2.45, 2.75) is 6.92 Å². The van der Waals surface area contributed by atoms with Crippen LogP contribution >= 0.6 is 15.9 Å². The predicted octanol–water partition coefficient (Wildman–Crippen LogP) is 1.92. The van der Waals surface area contributed by atoms with E-state index >= 15 is 0 Å². The van der Waals surface area contributed by atoms with Crippen molar-refractivity contribution in [2.24, 2.45) is 0 Å². The highest BCUT2D eigenvalue weighted by Gasteiger charge is 2.35. The molecule has 0 spiro atoms. The third-order valence-electron chi connectivity index (χ3n) is 3.33. The standard InChI is InChI=1S/C16H17BrN2O6/c1-4-25-14-10(17)5-9(7-12(14)23-2)6-11-15(21)19(16(22)18-11)8-13(20)24-3/h5-7H,4,8H2,1-3H3,(H,18,22)/b11-6+. The Bertz CT molecular complexity index is 746. The Hall–Kier alpha value is -2.55. The third-order valence-corrected chi connectivity index (χ3v) is 3.92. The molecule has 1 saturated heterocycles. The minimum Gasteiger partial charge on any atom is -0.493 e. The molecule has 0 radical (unpaired) electrons. The summed E-state index contributed by atoms with van der Waals surface area (Å²) in [5.41, 5.74) is 0.655. The molecular formula is C16H17BrN2O6. The molecule has 0 unspecified atom stereocenters. The second kappa shape index (κ2) is 8.02. The molecule has 1 aromatic carbocycles. The summed E-state index contributed by atoms with van der Waals surface area (Å²) in [7, 11) is 2.68. The molecule has 0 aromatic heterocycles. The first-order chi connectivity index (χ1) is 11.9. The zero-order valence-corrected chi connectivity index (χ0v) is 15.5. The Balaban J connectivity index is 2.31. The van der Waals surface area contributed by atoms with Crippen molar-refractivity contribution in [3.63, 3.8) is 0 Å². The van der Waals surface area contributed by atoms with Gasteiger partial charge in [-0.3, -0.25) is 9.59 Å². The third kappa shape index (κ3) is 4.11. The zero-order chi connectivity index (χ0) is 18.6. The van der Waals surface area contributed by atoms with Crippen molar-refractivity contribution >= 4 is 39.9 Å². The lowest BCUT2D eigenvalue weighted by Gasteiger charge is -2.12. The number of nitrogens with zero attached hydrogens (tertiary/aromatic N) is 1. The van der Waals surface area contributed by atoms with Crippen molar-refractivity contribution < 1.29 is 28.6 Å². The van der Waals surface area contributed by atoms with Gasteiger partial charge in [0.1, 0.15) is 12.2 Å². The number of carbonyl (C=O) groups is 3. The molecule has 0 atom stereocenters. The summed E-state index contributed by atoms with van der Waals surface area (Å²) in [6, 6.07) is 2.72. The van der Waals surface area contributed by atoms with E-state index in [0.717, 1.165) is 4.90 Å².